The Kier molecular flexibility index (Phi) is 5.43. The standard InChI is InChI=1S/C16H26N2O2/c1-11(16(2,3)4)8-15(19)18-10-12-9-13(17)6-7-14(12)20-5/h6-7,9,11H,8,10,17H2,1-5H3,(H,18,19). The van der Waals surface area contributed by atoms with E-state index in [-0.39, 0.29) is 11.3 Å². The maximum absolute atomic E-state index is 12.0. The molecule has 4 heteroatoms. The van der Waals surface area contributed by atoms with Crippen molar-refractivity contribution in [2.45, 2.75) is 40.7 Å². The summed E-state index contributed by atoms with van der Waals surface area (Å²) in [5.41, 5.74) is 7.45. The number of anilines is 1. The van der Waals surface area contributed by atoms with Crippen molar-refractivity contribution >= 4 is 11.6 Å². The largest absolute Gasteiger partial charge is 0.496 e. The van der Waals surface area contributed by atoms with Crippen LogP contribution in [-0.2, 0) is 11.3 Å². The van der Waals surface area contributed by atoms with Crippen molar-refractivity contribution in [1.29, 1.82) is 0 Å². The molecule has 1 unspecified atom stereocenters. The van der Waals surface area contributed by atoms with Gasteiger partial charge in [0.2, 0.25) is 5.91 Å². The van der Waals surface area contributed by atoms with Crippen LogP contribution in [0.5, 0.6) is 5.75 Å². The number of ether oxygens (including phenoxy) is 1. The summed E-state index contributed by atoms with van der Waals surface area (Å²) >= 11 is 0. The van der Waals surface area contributed by atoms with Crippen LogP contribution in [0.3, 0.4) is 0 Å². The summed E-state index contributed by atoms with van der Waals surface area (Å²) in [4.78, 5) is 12.0. The van der Waals surface area contributed by atoms with Gasteiger partial charge in [-0.3, -0.25) is 4.79 Å². The molecule has 0 aliphatic rings. The van der Waals surface area contributed by atoms with E-state index in [1.807, 2.05) is 12.1 Å². The lowest BCUT2D eigenvalue weighted by Crippen LogP contribution is -2.28. The normalized spacial score (nSPS) is 12.8. The summed E-state index contributed by atoms with van der Waals surface area (Å²) in [5, 5.41) is 2.93. The Hall–Kier alpha value is -1.71. The first-order valence-electron chi connectivity index (χ1n) is 6.93. The maximum Gasteiger partial charge on any atom is 0.220 e. The number of hydrogen-bond donors (Lipinski definition) is 2. The van der Waals surface area contributed by atoms with Crippen molar-refractivity contribution in [1.82, 2.24) is 5.32 Å². The molecule has 1 atom stereocenters. The van der Waals surface area contributed by atoms with E-state index in [4.69, 9.17) is 10.5 Å². The monoisotopic (exact) mass is 278 g/mol. The Morgan fingerprint density at radius 2 is 2.05 bits per heavy atom. The maximum atomic E-state index is 12.0. The van der Waals surface area contributed by atoms with Gasteiger partial charge in [0.05, 0.1) is 7.11 Å². The SMILES string of the molecule is COc1ccc(N)cc1CNC(=O)CC(C)C(C)(C)C. The summed E-state index contributed by atoms with van der Waals surface area (Å²) in [6.45, 7) is 8.97. The minimum Gasteiger partial charge on any atom is -0.496 e. The molecule has 0 aliphatic heterocycles. The highest BCUT2D eigenvalue weighted by atomic mass is 16.5. The number of nitrogens with two attached hydrogens (primary N) is 1. The fourth-order valence-corrected chi connectivity index (χ4v) is 1.79. The summed E-state index contributed by atoms with van der Waals surface area (Å²) in [5.74, 6) is 1.12. The highest BCUT2D eigenvalue weighted by Gasteiger charge is 2.22. The molecule has 0 saturated carbocycles. The molecule has 0 radical (unpaired) electrons. The van der Waals surface area contributed by atoms with Crippen molar-refractivity contribution in [3.8, 4) is 5.75 Å². The number of nitrogen functional groups attached to an aromatic ring is 1. The van der Waals surface area contributed by atoms with Crippen molar-refractivity contribution in [2.24, 2.45) is 11.3 Å². The summed E-state index contributed by atoms with van der Waals surface area (Å²) < 4.78 is 5.26. The van der Waals surface area contributed by atoms with Gasteiger partial charge in [0.15, 0.2) is 0 Å². The lowest BCUT2D eigenvalue weighted by molar-refractivity contribution is -0.122. The molecule has 4 nitrogen and oxygen atoms in total. The molecule has 1 rings (SSSR count). The van der Waals surface area contributed by atoms with E-state index in [0.29, 0.717) is 24.6 Å². The second-order valence-corrected chi connectivity index (χ2v) is 6.32. The molecule has 0 aromatic heterocycles. The third-order valence-electron chi connectivity index (χ3n) is 3.75. The molecule has 0 heterocycles. The molecule has 1 amide bonds. The Morgan fingerprint density at radius 1 is 1.40 bits per heavy atom. The number of rotatable bonds is 5. The average Bonchev–Trinajstić information content (AvgIpc) is 2.35. The minimum absolute atomic E-state index is 0.0527. The lowest BCUT2D eigenvalue weighted by atomic mass is 9.80. The second-order valence-electron chi connectivity index (χ2n) is 6.32. The van der Waals surface area contributed by atoms with Gasteiger partial charge in [-0.05, 0) is 29.5 Å². The number of methoxy groups -OCH3 is 1. The zero-order valence-corrected chi connectivity index (χ0v) is 13.1. The second kappa shape index (κ2) is 6.64. The molecule has 0 saturated heterocycles. The van der Waals surface area contributed by atoms with E-state index in [0.717, 1.165) is 11.3 Å². The van der Waals surface area contributed by atoms with E-state index in [2.05, 4.69) is 33.0 Å². The van der Waals surface area contributed by atoms with Crippen LogP contribution in [0, 0.1) is 11.3 Å². The zero-order valence-electron chi connectivity index (χ0n) is 13.1. The van der Waals surface area contributed by atoms with Gasteiger partial charge in [0.25, 0.3) is 0 Å². The van der Waals surface area contributed by atoms with Gasteiger partial charge in [-0.15, -0.1) is 0 Å². The first-order chi connectivity index (χ1) is 9.24. The predicted octanol–water partition coefficient (Wildman–Crippen LogP) is 2.97. The third-order valence-corrected chi connectivity index (χ3v) is 3.75. The van der Waals surface area contributed by atoms with Gasteiger partial charge in [0, 0.05) is 24.2 Å². The van der Waals surface area contributed by atoms with Gasteiger partial charge in [0.1, 0.15) is 5.75 Å². The number of benzene rings is 1. The molecule has 112 valence electrons. The summed E-state index contributed by atoms with van der Waals surface area (Å²) in [7, 11) is 1.61. The van der Waals surface area contributed by atoms with E-state index >= 15 is 0 Å². The van der Waals surface area contributed by atoms with Crippen LogP contribution in [0.1, 0.15) is 39.7 Å². The van der Waals surface area contributed by atoms with Gasteiger partial charge in [-0.1, -0.05) is 27.7 Å². The molecule has 0 spiro atoms. The first kappa shape index (κ1) is 16.3. The van der Waals surface area contributed by atoms with Crippen LogP contribution < -0.4 is 15.8 Å². The van der Waals surface area contributed by atoms with Crippen LogP contribution in [0.25, 0.3) is 0 Å². The molecular formula is C16H26N2O2. The summed E-state index contributed by atoms with van der Waals surface area (Å²) in [6.07, 6.45) is 0.522. The van der Waals surface area contributed by atoms with Gasteiger partial charge >= 0.3 is 0 Å². The minimum atomic E-state index is 0.0527. The zero-order chi connectivity index (χ0) is 15.3. The lowest BCUT2D eigenvalue weighted by Gasteiger charge is -2.26. The molecule has 0 aliphatic carbocycles. The number of amides is 1. The van der Waals surface area contributed by atoms with Crippen LogP contribution in [0.4, 0.5) is 5.69 Å². The number of nitrogens with one attached hydrogen (secondary N) is 1. The van der Waals surface area contributed by atoms with Gasteiger partial charge < -0.3 is 15.8 Å². The molecule has 0 bridgehead atoms. The Balaban J connectivity index is 2.59. The fraction of sp³-hybridized carbons (Fsp3) is 0.562. The van der Waals surface area contributed by atoms with E-state index < -0.39 is 0 Å². The van der Waals surface area contributed by atoms with Crippen molar-refractivity contribution < 1.29 is 9.53 Å². The third kappa shape index (κ3) is 4.76. The van der Waals surface area contributed by atoms with E-state index in [1.54, 1.807) is 13.2 Å². The fourth-order valence-electron chi connectivity index (χ4n) is 1.79. The van der Waals surface area contributed by atoms with Crippen LogP contribution >= 0.6 is 0 Å². The Bertz CT molecular complexity index is 464. The van der Waals surface area contributed by atoms with Crippen LogP contribution in [0.15, 0.2) is 18.2 Å². The predicted molar refractivity (Wildman–Crippen MR) is 82.5 cm³/mol. The Labute approximate surface area is 121 Å². The van der Waals surface area contributed by atoms with Crippen molar-refractivity contribution in [3.05, 3.63) is 23.8 Å². The Morgan fingerprint density at radius 3 is 2.60 bits per heavy atom. The quantitative estimate of drug-likeness (QED) is 0.814. The first-order valence-corrected chi connectivity index (χ1v) is 6.93. The topological polar surface area (TPSA) is 64.3 Å². The molecule has 1 aromatic carbocycles. The number of hydrogen-bond acceptors (Lipinski definition) is 3. The van der Waals surface area contributed by atoms with Crippen LogP contribution in [-0.4, -0.2) is 13.0 Å². The molecule has 1 aromatic rings. The van der Waals surface area contributed by atoms with Crippen molar-refractivity contribution in [2.75, 3.05) is 12.8 Å². The van der Waals surface area contributed by atoms with Gasteiger partial charge in [-0.25, -0.2) is 0 Å². The summed E-state index contributed by atoms with van der Waals surface area (Å²) in [6, 6.07) is 5.42. The number of carbonyl (C=O) groups is 1. The highest BCUT2D eigenvalue weighted by molar-refractivity contribution is 5.76. The molecule has 20 heavy (non-hydrogen) atoms. The van der Waals surface area contributed by atoms with Crippen molar-refractivity contribution in [3.63, 3.8) is 0 Å². The van der Waals surface area contributed by atoms with E-state index in [1.165, 1.54) is 0 Å². The van der Waals surface area contributed by atoms with Crippen LogP contribution in [0.2, 0.25) is 0 Å². The molecular weight excluding hydrogens is 252 g/mol. The van der Waals surface area contributed by atoms with E-state index in [9.17, 15) is 4.79 Å². The molecule has 0 fully saturated rings. The molecule has 3 N–H and O–H groups in total. The van der Waals surface area contributed by atoms with Gasteiger partial charge in [-0.2, -0.15) is 0 Å². The average molecular weight is 278 g/mol. The highest BCUT2D eigenvalue weighted by Crippen LogP contribution is 2.28. The smallest absolute Gasteiger partial charge is 0.220 e. The number of carbonyl (C=O) groups excluding carboxylic acids is 1.